The molecule has 1 aliphatic carbocycles. The number of carbonyl (C=O) groups excluding carboxylic acids is 2. The molecule has 1 aromatic rings. The molecule has 13 heavy (non-hydrogen) atoms. The molecule has 0 bridgehead atoms. The van der Waals surface area contributed by atoms with Crippen molar-refractivity contribution in [3.8, 4) is 0 Å². The molecule has 1 aliphatic rings. The molecule has 0 aromatic carbocycles. The zero-order chi connectivity index (χ0) is 9.42. The molecule has 64 valence electrons. The molecule has 0 spiro atoms. The van der Waals surface area contributed by atoms with Crippen LogP contribution >= 0.6 is 0 Å². The van der Waals surface area contributed by atoms with Gasteiger partial charge in [-0.25, -0.2) is 0 Å². The molecule has 0 radical (unpaired) electrons. The number of rotatable bonds is 0. The molecular formula is C9H5NO3. The second-order valence-corrected chi connectivity index (χ2v) is 2.62. The zero-order valence-electron chi connectivity index (χ0n) is 6.52. The fourth-order valence-corrected chi connectivity index (χ4v) is 1.28. The lowest BCUT2D eigenvalue weighted by atomic mass is 10.2. The Kier molecular flexibility index (Phi) is 1.48. The maximum Gasteiger partial charge on any atom is 0.202 e. The van der Waals surface area contributed by atoms with Crippen molar-refractivity contribution in [2.24, 2.45) is 0 Å². The molecule has 0 unspecified atom stereocenters. The summed E-state index contributed by atoms with van der Waals surface area (Å²) in [6, 6.07) is 1.46. The first-order chi connectivity index (χ1) is 6.25. The van der Waals surface area contributed by atoms with Gasteiger partial charge < -0.3 is 5.11 Å². The lowest BCUT2D eigenvalue weighted by Gasteiger charge is -1.89. The summed E-state index contributed by atoms with van der Waals surface area (Å²) in [4.78, 5) is 26.4. The highest BCUT2D eigenvalue weighted by molar-refractivity contribution is 6.39. The van der Waals surface area contributed by atoms with Crippen LogP contribution in [0.1, 0.15) is 20.7 Å². The molecule has 1 N–H and O–H groups in total. The number of aliphatic hydroxyl groups excluding tert-OH is 1. The van der Waals surface area contributed by atoms with Crippen molar-refractivity contribution in [3.63, 3.8) is 0 Å². The highest BCUT2D eigenvalue weighted by atomic mass is 16.2. The number of ketones is 2. The average molecular weight is 175 g/mol. The van der Waals surface area contributed by atoms with Crippen molar-refractivity contribution in [1.29, 1.82) is 0 Å². The van der Waals surface area contributed by atoms with Crippen LogP contribution in [0.2, 0.25) is 0 Å². The van der Waals surface area contributed by atoms with Gasteiger partial charge in [0.05, 0.1) is 11.8 Å². The van der Waals surface area contributed by atoms with Crippen LogP contribution in [0.3, 0.4) is 0 Å². The van der Waals surface area contributed by atoms with Crippen LogP contribution in [-0.4, -0.2) is 21.7 Å². The van der Waals surface area contributed by atoms with Gasteiger partial charge in [-0.15, -0.1) is 0 Å². The van der Waals surface area contributed by atoms with E-state index in [0.717, 1.165) is 0 Å². The van der Waals surface area contributed by atoms with Crippen molar-refractivity contribution in [3.05, 3.63) is 41.4 Å². The Balaban J connectivity index is 2.71. The average Bonchev–Trinajstić information content (AvgIpc) is 2.41. The molecule has 4 nitrogen and oxygen atoms in total. The standard InChI is InChI=1S/C9H5NO3/c11-4-7-8(12)5-1-2-10-3-6(5)9(7)13/h1-4,11H. The van der Waals surface area contributed by atoms with Gasteiger partial charge in [0.2, 0.25) is 11.6 Å². The van der Waals surface area contributed by atoms with E-state index in [1.165, 1.54) is 18.5 Å². The summed E-state index contributed by atoms with van der Waals surface area (Å²) in [5.41, 5.74) is 0.371. The molecule has 0 amide bonds. The van der Waals surface area contributed by atoms with Crippen LogP contribution in [0.15, 0.2) is 30.3 Å². The number of hydrogen-bond donors (Lipinski definition) is 1. The number of hydrogen-bond acceptors (Lipinski definition) is 4. The Morgan fingerprint density at radius 1 is 1.23 bits per heavy atom. The van der Waals surface area contributed by atoms with Crippen LogP contribution in [0, 0.1) is 0 Å². The SMILES string of the molecule is O=C1C(=CO)C(=O)c2cnccc21. The largest absolute Gasteiger partial charge is 0.515 e. The molecule has 0 fully saturated rings. The number of aromatic nitrogens is 1. The Morgan fingerprint density at radius 3 is 2.54 bits per heavy atom. The first-order valence-electron chi connectivity index (χ1n) is 3.63. The fourth-order valence-electron chi connectivity index (χ4n) is 1.28. The van der Waals surface area contributed by atoms with Crippen LogP contribution in [0.25, 0.3) is 0 Å². The number of nitrogens with zero attached hydrogens (tertiary/aromatic N) is 1. The van der Waals surface area contributed by atoms with E-state index in [2.05, 4.69) is 4.98 Å². The third-order valence-electron chi connectivity index (χ3n) is 1.93. The summed E-state index contributed by atoms with van der Waals surface area (Å²) in [6.45, 7) is 0. The second-order valence-electron chi connectivity index (χ2n) is 2.62. The summed E-state index contributed by atoms with van der Waals surface area (Å²) in [7, 11) is 0. The Morgan fingerprint density at radius 2 is 1.92 bits per heavy atom. The van der Waals surface area contributed by atoms with E-state index < -0.39 is 11.6 Å². The predicted octanol–water partition coefficient (Wildman–Crippen LogP) is 0.902. The fraction of sp³-hybridized carbons (Fsp3) is 0. The first-order valence-corrected chi connectivity index (χ1v) is 3.63. The van der Waals surface area contributed by atoms with E-state index in [0.29, 0.717) is 11.8 Å². The van der Waals surface area contributed by atoms with Gasteiger partial charge in [0.25, 0.3) is 0 Å². The van der Waals surface area contributed by atoms with Gasteiger partial charge in [0, 0.05) is 18.0 Å². The summed E-state index contributed by atoms with van der Waals surface area (Å²) in [6.07, 6.45) is 3.31. The zero-order valence-corrected chi connectivity index (χ0v) is 6.52. The van der Waals surface area contributed by atoms with Crippen LogP contribution < -0.4 is 0 Å². The molecular weight excluding hydrogens is 170 g/mol. The minimum Gasteiger partial charge on any atom is -0.515 e. The van der Waals surface area contributed by atoms with Crippen molar-refractivity contribution < 1.29 is 14.7 Å². The third kappa shape index (κ3) is 0.885. The molecule has 0 atom stereocenters. The monoisotopic (exact) mass is 175 g/mol. The highest BCUT2D eigenvalue weighted by Crippen LogP contribution is 2.24. The number of carbonyl (C=O) groups is 2. The molecule has 1 aromatic heterocycles. The quantitative estimate of drug-likeness (QED) is 0.361. The van der Waals surface area contributed by atoms with E-state index >= 15 is 0 Å². The molecule has 4 heteroatoms. The van der Waals surface area contributed by atoms with Gasteiger partial charge in [-0.2, -0.15) is 0 Å². The minimum absolute atomic E-state index is 0.192. The van der Waals surface area contributed by atoms with Crippen molar-refractivity contribution in [2.45, 2.75) is 0 Å². The Hall–Kier alpha value is -1.97. The van der Waals surface area contributed by atoms with E-state index in [1.807, 2.05) is 0 Å². The Labute approximate surface area is 73.5 Å². The number of allylic oxidation sites excluding steroid dienone is 1. The maximum absolute atomic E-state index is 11.4. The first kappa shape index (κ1) is 7.67. The highest BCUT2D eigenvalue weighted by Gasteiger charge is 2.33. The summed E-state index contributed by atoms with van der Waals surface area (Å²) in [5, 5.41) is 8.65. The van der Waals surface area contributed by atoms with E-state index in [4.69, 9.17) is 5.11 Å². The summed E-state index contributed by atoms with van der Waals surface area (Å²) in [5.74, 6) is -0.902. The van der Waals surface area contributed by atoms with Crippen LogP contribution in [-0.2, 0) is 0 Å². The topological polar surface area (TPSA) is 67.3 Å². The Bertz CT molecular complexity index is 397. The van der Waals surface area contributed by atoms with Crippen LogP contribution in [0.5, 0.6) is 0 Å². The molecule has 0 aliphatic heterocycles. The number of fused-ring (bicyclic) bond motifs is 1. The second kappa shape index (κ2) is 2.52. The van der Waals surface area contributed by atoms with Gasteiger partial charge in [-0.05, 0) is 6.07 Å². The molecule has 0 saturated heterocycles. The minimum atomic E-state index is -0.462. The van der Waals surface area contributed by atoms with Crippen molar-refractivity contribution >= 4 is 11.6 Å². The van der Waals surface area contributed by atoms with E-state index in [1.54, 1.807) is 0 Å². The predicted molar refractivity (Wildman–Crippen MR) is 43.6 cm³/mol. The maximum atomic E-state index is 11.4. The number of aliphatic hydroxyl groups is 1. The smallest absolute Gasteiger partial charge is 0.202 e. The normalized spacial score (nSPS) is 18.0. The van der Waals surface area contributed by atoms with Crippen LogP contribution in [0.4, 0.5) is 0 Å². The van der Waals surface area contributed by atoms with Gasteiger partial charge >= 0.3 is 0 Å². The van der Waals surface area contributed by atoms with Gasteiger partial charge in [-0.3, -0.25) is 14.6 Å². The van der Waals surface area contributed by atoms with E-state index in [9.17, 15) is 9.59 Å². The van der Waals surface area contributed by atoms with Gasteiger partial charge in [0.1, 0.15) is 5.57 Å². The van der Waals surface area contributed by atoms with Gasteiger partial charge in [0.15, 0.2) is 0 Å². The third-order valence-corrected chi connectivity index (χ3v) is 1.93. The van der Waals surface area contributed by atoms with E-state index in [-0.39, 0.29) is 11.1 Å². The lowest BCUT2D eigenvalue weighted by molar-refractivity contribution is 0.0984. The van der Waals surface area contributed by atoms with Crippen molar-refractivity contribution in [1.82, 2.24) is 4.98 Å². The molecule has 0 saturated carbocycles. The summed E-state index contributed by atoms with van der Waals surface area (Å²) >= 11 is 0. The number of Topliss-reactive ketones (excluding diaryl/α,β-unsaturated/α-hetero) is 2. The number of pyridine rings is 1. The molecule has 1 heterocycles. The van der Waals surface area contributed by atoms with Crippen molar-refractivity contribution in [2.75, 3.05) is 0 Å². The summed E-state index contributed by atoms with van der Waals surface area (Å²) < 4.78 is 0. The molecule has 2 rings (SSSR count). The van der Waals surface area contributed by atoms with Gasteiger partial charge in [-0.1, -0.05) is 0 Å². The lowest BCUT2D eigenvalue weighted by Crippen LogP contribution is -1.99.